The molecule has 2 amide bonds. The van der Waals surface area contributed by atoms with Gasteiger partial charge in [-0.2, -0.15) is 5.26 Å². The highest BCUT2D eigenvalue weighted by molar-refractivity contribution is 6.30. The maximum atomic E-state index is 12.2. The summed E-state index contributed by atoms with van der Waals surface area (Å²) in [5.74, 6) is -0.476. The SMILES string of the molecule is CC(=O)N(CCc1ccc(Cl)cc1)CC(=O)Nc1cccc(C#N)c1. The number of nitrogens with one attached hydrogen (secondary N) is 1. The van der Waals surface area contributed by atoms with Gasteiger partial charge in [0.15, 0.2) is 0 Å². The Morgan fingerprint density at radius 2 is 1.92 bits per heavy atom. The highest BCUT2D eigenvalue weighted by Crippen LogP contribution is 2.11. The fraction of sp³-hybridized carbons (Fsp3) is 0.211. The molecule has 0 unspecified atom stereocenters. The fourth-order valence-electron chi connectivity index (χ4n) is 2.30. The van der Waals surface area contributed by atoms with Gasteiger partial charge in [0.25, 0.3) is 0 Å². The molecule has 2 aromatic carbocycles. The lowest BCUT2D eigenvalue weighted by Gasteiger charge is -2.20. The van der Waals surface area contributed by atoms with E-state index < -0.39 is 0 Å². The molecule has 2 aromatic rings. The third kappa shape index (κ3) is 5.94. The Balaban J connectivity index is 1.93. The van der Waals surface area contributed by atoms with Crippen LogP contribution in [0.2, 0.25) is 5.02 Å². The van der Waals surface area contributed by atoms with Crippen molar-refractivity contribution in [3.8, 4) is 6.07 Å². The van der Waals surface area contributed by atoms with Crippen molar-refractivity contribution in [2.24, 2.45) is 0 Å². The number of carbonyl (C=O) groups is 2. The molecule has 25 heavy (non-hydrogen) atoms. The van der Waals surface area contributed by atoms with Crippen molar-refractivity contribution in [1.29, 1.82) is 5.26 Å². The molecule has 0 spiro atoms. The first-order valence-corrected chi connectivity index (χ1v) is 8.15. The van der Waals surface area contributed by atoms with Gasteiger partial charge in [0.2, 0.25) is 11.8 Å². The van der Waals surface area contributed by atoms with Crippen LogP contribution in [-0.4, -0.2) is 29.8 Å². The summed E-state index contributed by atoms with van der Waals surface area (Å²) in [5, 5.41) is 12.3. The van der Waals surface area contributed by atoms with Crippen LogP contribution in [0.1, 0.15) is 18.1 Å². The number of benzene rings is 2. The molecule has 0 bridgehead atoms. The zero-order valence-electron chi connectivity index (χ0n) is 13.8. The van der Waals surface area contributed by atoms with E-state index in [1.807, 2.05) is 18.2 Å². The molecule has 6 heteroatoms. The molecule has 1 N–H and O–H groups in total. The van der Waals surface area contributed by atoms with Crippen LogP contribution in [0.15, 0.2) is 48.5 Å². The molecule has 2 rings (SSSR count). The van der Waals surface area contributed by atoms with Gasteiger partial charge in [-0.25, -0.2) is 0 Å². The highest BCUT2D eigenvalue weighted by atomic mass is 35.5. The number of hydrogen-bond donors (Lipinski definition) is 1. The Kier molecular flexibility index (Phi) is 6.55. The molecule has 0 aliphatic rings. The van der Waals surface area contributed by atoms with Gasteiger partial charge in [-0.05, 0) is 42.3 Å². The monoisotopic (exact) mass is 355 g/mol. The summed E-state index contributed by atoms with van der Waals surface area (Å²) in [6, 6.07) is 16.0. The van der Waals surface area contributed by atoms with Crippen LogP contribution >= 0.6 is 11.6 Å². The second-order valence-corrected chi connectivity index (χ2v) is 5.99. The van der Waals surface area contributed by atoms with E-state index in [0.29, 0.717) is 29.2 Å². The number of amides is 2. The van der Waals surface area contributed by atoms with E-state index in [4.69, 9.17) is 16.9 Å². The number of anilines is 1. The van der Waals surface area contributed by atoms with E-state index in [9.17, 15) is 9.59 Å². The summed E-state index contributed by atoms with van der Waals surface area (Å²) < 4.78 is 0. The van der Waals surface area contributed by atoms with Gasteiger partial charge in [-0.1, -0.05) is 29.8 Å². The summed E-state index contributed by atoms with van der Waals surface area (Å²) in [4.78, 5) is 25.5. The molecule has 0 saturated heterocycles. The van der Waals surface area contributed by atoms with Crippen LogP contribution in [0, 0.1) is 11.3 Å². The minimum Gasteiger partial charge on any atom is -0.333 e. The van der Waals surface area contributed by atoms with Crippen LogP contribution in [0.4, 0.5) is 5.69 Å². The molecule has 0 atom stereocenters. The van der Waals surface area contributed by atoms with Crippen LogP contribution in [0.5, 0.6) is 0 Å². The fourth-order valence-corrected chi connectivity index (χ4v) is 2.43. The molecule has 0 fully saturated rings. The lowest BCUT2D eigenvalue weighted by Crippen LogP contribution is -2.38. The molecular formula is C19H18ClN3O2. The van der Waals surface area contributed by atoms with E-state index in [1.54, 1.807) is 36.4 Å². The second-order valence-electron chi connectivity index (χ2n) is 5.56. The Labute approximate surface area is 151 Å². The maximum absolute atomic E-state index is 12.2. The third-order valence-electron chi connectivity index (χ3n) is 3.64. The average molecular weight is 356 g/mol. The molecule has 0 aromatic heterocycles. The van der Waals surface area contributed by atoms with Crippen LogP contribution in [-0.2, 0) is 16.0 Å². The molecule has 0 aliphatic heterocycles. The van der Waals surface area contributed by atoms with Gasteiger partial charge in [0.1, 0.15) is 0 Å². The largest absolute Gasteiger partial charge is 0.333 e. The highest BCUT2D eigenvalue weighted by Gasteiger charge is 2.14. The average Bonchev–Trinajstić information content (AvgIpc) is 2.60. The normalized spacial score (nSPS) is 9.96. The zero-order chi connectivity index (χ0) is 18.2. The number of rotatable bonds is 6. The number of carbonyl (C=O) groups excluding carboxylic acids is 2. The van der Waals surface area contributed by atoms with Gasteiger partial charge in [0.05, 0.1) is 18.2 Å². The van der Waals surface area contributed by atoms with E-state index in [0.717, 1.165) is 5.56 Å². The first-order chi connectivity index (χ1) is 12.0. The standard InChI is InChI=1S/C19H18ClN3O2/c1-14(24)23(10-9-15-5-7-17(20)8-6-15)13-19(25)22-18-4-2-3-16(11-18)12-21/h2-8,11H,9-10,13H2,1H3,(H,22,25). The number of nitrogens with zero attached hydrogens (tertiary/aromatic N) is 2. The summed E-state index contributed by atoms with van der Waals surface area (Å²) in [7, 11) is 0. The predicted molar refractivity (Wildman–Crippen MR) is 97.2 cm³/mol. The van der Waals surface area contributed by atoms with Gasteiger partial charge in [-0.15, -0.1) is 0 Å². The summed E-state index contributed by atoms with van der Waals surface area (Å²) >= 11 is 5.85. The first kappa shape index (κ1) is 18.5. The van der Waals surface area contributed by atoms with Crippen molar-refractivity contribution in [2.45, 2.75) is 13.3 Å². The van der Waals surface area contributed by atoms with Crippen molar-refractivity contribution in [3.63, 3.8) is 0 Å². The topological polar surface area (TPSA) is 73.2 Å². The number of nitriles is 1. The van der Waals surface area contributed by atoms with Crippen LogP contribution < -0.4 is 5.32 Å². The van der Waals surface area contributed by atoms with Crippen molar-refractivity contribution >= 4 is 29.1 Å². The molecule has 0 saturated carbocycles. The maximum Gasteiger partial charge on any atom is 0.243 e. The molecule has 0 heterocycles. The minimum absolute atomic E-state index is 0.0420. The summed E-state index contributed by atoms with van der Waals surface area (Å²) in [5.41, 5.74) is 2.03. The summed E-state index contributed by atoms with van der Waals surface area (Å²) in [6.07, 6.45) is 0.633. The lowest BCUT2D eigenvalue weighted by molar-refractivity contribution is -0.132. The Morgan fingerprint density at radius 1 is 1.20 bits per heavy atom. The van der Waals surface area contributed by atoms with Crippen molar-refractivity contribution in [2.75, 3.05) is 18.4 Å². The summed E-state index contributed by atoms with van der Waals surface area (Å²) in [6.45, 7) is 1.83. The van der Waals surface area contributed by atoms with Crippen LogP contribution in [0.25, 0.3) is 0 Å². The smallest absolute Gasteiger partial charge is 0.243 e. The second kappa shape index (κ2) is 8.86. The van der Waals surface area contributed by atoms with Gasteiger partial charge in [-0.3, -0.25) is 9.59 Å². The zero-order valence-corrected chi connectivity index (χ0v) is 14.6. The Hall–Kier alpha value is -2.84. The quantitative estimate of drug-likeness (QED) is 0.864. The number of halogens is 1. The van der Waals surface area contributed by atoms with E-state index in [1.165, 1.54) is 11.8 Å². The predicted octanol–water partition coefficient (Wildman–Crippen LogP) is 3.24. The van der Waals surface area contributed by atoms with Crippen molar-refractivity contribution in [3.05, 3.63) is 64.7 Å². The Morgan fingerprint density at radius 3 is 2.56 bits per heavy atom. The molecule has 0 radical (unpaired) electrons. The molecule has 5 nitrogen and oxygen atoms in total. The van der Waals surface area contributed by atoms with E-state index in [-0.39, 0.29) is 18.4 Å². The molecular weight excluding hydrogens is 338 g/mol. The van der Waals surface area contributed by atoms with Crippen molar-refractivity contribution in [1.82, 2.24) is 4.90 Å². The van der Waals surface area contributed by atoms with E-state index >= 15 is 0 Å². The third-order valence-corrected chi connectivity index (χ3v) is 3.89. The van der Waals surface area contributed by atoms with Crippen molar-refractivity contribution < 1.29 is 9.59 Å². The van der Waals surface area contributed by atoms with Crippen LogP contribution in [0.3, 0.4) is 0 Å². The van der Waals surface area contributed by atoms with Gasteiger partial charge in [0, 0.05) is 24.2 Å². The number of hydrogen-bond acceptors (Lipinski definition) is 3. The lowest BCUT2D eigenvalue weighted by atomic mass is 10.1. The van der Waals surface area contributed by atoms with E-state index in [2.05, 4.69) is 5.32 Å². The Bertz CT molecular complexity index is 797. The van der Waals surface area contributed by atoms with Gasteiger partial charge < -0.3 is 10.2 Å². The van der Waals surface area contributed by atoms with Gasteiger partial charge >= 0.3 is 0 Å². The molecule has 128 valence electrons. The minimum atomic E-state index is -0.304. The first-order valence-electron chi connectivity index (χ1n) is 7.78. The molecule has 0 aliphatic carbocycles.